The SMILES string of the molecule is COC(=O)c1ccc2c(c1)[C@H]1[C@@H]3CC[C@@H](C3)[C@H]1C(c1ccc(Br)cc1)N2. The van der Waals surface area contributed by atoms with Crippen LogP contribution in [0.25, 0.3) is 0 Å². The molecule has 2 aliphatic carbocycles. The lowest BCUT2D eigenvalue weighted by Gasteiger charge is -2.43. The summed E-state index contributed by atoms with van der Waals surface area (Å²) in [7, 11) is 1.45. The first-order valence-electron chi connectivity index (χ1n) is 9.40. The van der Waals surface area contributed by atoms with E-state index in [4.69, 9.17) is 4.74 Å². The molecular formula is C22H22BrNO2. The minimum Gasteiger partial charge on any atom is -0.465 e. The van der Waals surface area contributed by atoms with Crippen molar-refractivity contribution in [3.05, 3.63) is 63.6 Å². The van der Waals surface area contributed by atoms with Crippen LogP contribution in [0.4, 0.5) is 5.69 Å². The Morgan fingerprint density at radius 3 is 2.65 bits per heavy atom. The van der Waals surface area contributed by atoms with Crippen LogP contribution in [0.5, 0.6) is 0 Å². The van der Waals surface area contributed by atoms with Crippen LogP contribution in [0, 0.1) is 17.8 Å². The van der Waals surface area contributed by atoms with E-state index in [0.29, 0.717) is 23.4 Å². The van der Waals surface area contributed by atoms with E-state index in [9.17, 15) is 4.79 Å². The number of carbonyl (C=O) groups excluding carboxylic acids is 1. The zero-order valence-corrected chi connectivity index (χ0v) is 16.3. The first-order chi connectivity index (χ1) is 12.7. The molecule has 1 aliphatic heterocycles. The monoisotopic (exact) mass is 411 g/mol. The number of ether oxygens (including phenoxy) is 1. The van der Waals surface area contributed by atoms with Crippen LogP contribution in [0.2, 0.25) is 0 Å². The summed E-state index contributed by atoms with van der Waals surface area (Å²) in [6.45, 7) is 0. The topological polar surface area (TPSA) is 38.3 Å². The summed E-state index contributed by atoms with van der Waals surface area (Å²) in [5.41, 5.74) is 4.52. The zero-order chi connectivity index (χ0) is 17.8. The molecule has 2 bridgehead atoms. The summed E-state index contributed by atoms with van der Waals surface area (Å²) in [4.78, 5) is 12.0. The molecule has 3 nitrogen and oxygen atoms in total. The van der Waals surface area contributed by atoms with Crippen molar-refractivity contribution in [3.8, 4) is 0 Å². The fraction of sp³-hybridized carbons (Fsp3) is 0.409. The maximum absolute atomic E-state index is 12.0. The molecule has 2 saturated carbocycles. The van der Waals surface area contributed by atoms with Gasteiger partial charge in [-0.2, -0.15) is 0 Å². The standard InChI is InChI=1S/C22H22BrNO2/c1-26-22(25)15-6-9-18-17(11-15)19-13-2-3-14(10-13)20(19)21(24-18)12-4-7-16(23)8-5-12/h4-9,11,13-14,19-21,24H,2-3,10H2,1H3/t13-,14+,19-,20-,21?/m1/s1. The quantitative estimate of drug-likeness (QED) is 0.659. The number of benzene rings is 2. The first-order valence-corrected chi connectivity index (χ1v) is 10.2. The van der Waals surface area contributed by atoms with Crippen molar-refractivity contribution in [1.29, 1.82) is 0 Å². The summed E-state index contributed by atoms with van der Waals surface area (Å²) in [5, 5.41) is 3.81. The Balaban J connectivity index is 1.60. The van der Waals surface area contributed by atoms with Gasteiger partial charge in [-0.05, 0) is 84.4 Å². The summed E-state index contributed by atoms with van der Waals surface area (Å²) in [6, 6.07) is 15.1. The van der Waals surface area contributed by atoms with Crippen LogP contribution in [-0.4, -0.2) is 13.1 Å². The Bertz CT molecular complexity index is 863. The third-order valence-electron chi connectivity index (χ3n) is 6.74. The second-order valence-corrected chi connectivity index (χ2v) is 8.82. The molecule has 0 spiro atoms. The number of hydrogen-bond donors (Lipinski definition) is 1. The molecule has 1 unspecified atom stereocenters. The van der Waals surface area contributed by atoms with E-state index in [1.807, 2.05) is 6.07 Å². The molecule has 0 saturated heterocycles. The smallest absolute Gasteiger partial charge is 0.337 e. The predicted molar refractivity (Wildman–Crippen MR) is 105 cm³/mol. The number of carbonyl (C=O) groups is 1. The van der Waals surface area contributed by atoms with E-state index in [-0.39, 0.29) is 5.97 Å². The Kier molecular flexibility index (Phi) is 3.85. The van der Waals surface area contributed by atoms with E-state index in [2.05, 4.69) is 57.6 Å². The van der Waals surface area contributed by atoms with Gasteiger partial charge in [0.25, 0.3) is 0 Å². The Hall–Kier alpha value is -1.81. The average molecular weight is 412 g/mol. The molecule has 5 atom stereocenters. The van der Waals surface area contributed by atoms with E-state index in [1.54, 1.807) is 0 Å². The van der Waals surface area contributed by atoms with Gasteiger partial charge in [0.15, 0.2) is 0 Å². The highest BCUT2D eigenvalue weighted by atomic mass is 79.9. The molecule has 0 amide bonds. The molecule has 0 radical (unpaired) electrons. The highest BCUT2D eigenvalue weighted by Gasteiger charge is 2.53. The molecule has 3 aliphatic rings. The number of methoxy groups -OCH3 is 1. The molecule has 26 heavy (non-hydrogen) atoms. The van der Waals surface area contributed by atoms with E-state index in [1.165, 1.54) is 43.2 Å². The largest absolute Gasteiger partial charge is 0.465 e. The van der Waals surface area contributed by atoms with Crippen molar-refractivity contribution < 1.29 is 9.53 Å². The van der Waals surface area contributed by atoms with Crippen molar-refractivity contribution in [2.75, 3.05) is 12.4 Å². The fourth-order valence-corrected chi connectivity index (χ4v) is 6.00. The van der Waals surface area contributed by atoms with E-state index < -0.39 is 0 Å². The molecule has 134 valence electrons. The second-order valence-electron chi connectivity index (χ2n) is 7.90. The Labute approximate surface area is 162 Å². The third kappa shape index (κ3) is 2.42. The van der Waals surface area contributed by atoms with Gasteiger partial charge in [0.1, 0.15) is 0 Å². The van der Waals surface area contributed by atoms with E-state index in [0.717, 1.165) is 16.3 Å². The minimum absolute atomic E-state index is 0.248. The van der Waals surface area contributed by atoms with Crippen LogP contribution in [0.15, 0.2) is 46.9 Å². The van der Waals surface area contributed by atoms with Gasteiger partial charge >= 0.3 is 5.97 Å². The summed E-state index contributed by atoms with van der Waals surface area (Å²) >= 11 is 3.55. The second kappa shape index (κ2) is 6.12. The molecule has 2 fully saturated rings. The maximum atomic E-state index is 12.0. The number of rotatable bonds is 2. The minimum atomic E-state index is -0.248. The van der Waals surface area contributed by atoms with Crippen molar-refractivity contribution in [2.45, 2.75) is 31.2 Å². The predicted octanol–water partition coefficient (Wildman–Crippen LogP) is 5.53. The van der Waals surface area contributed by atoms with Gasteiger partial charge in [-0.3, -0.25) is 0 Å². The van der Waals surface area contributed by atoms with Crippen LogP contribution in [0.3, 0.4) is 0 Å². The number of fused-ring (bicyclic) bond motifs is 7. The molecule has 0 aromatic heterocycles. The van der Waals surface area contributed by atoms with Crippen molar-refractivity contribution in [3.63, 3.8) is 0 Å². The highest BCUT2D eigenvalue weighted by Crippen LogP contribution is 2.63. The Morgan fingerprint density at radius 1 is 1.12 bits per heavy atom. The first kappa shape index (κ1) is 16.4. The van der Waals surface area contributed by atoms with Gasteiger partial charge in [0.05, 0.1) is 18.7 Å². The van der Waals surface area contributed by atoms with Crippen molar-refractivity contribution in [2.24, 2.45) is 17.8 Å². The van der Waals surface area contributed by atoms with Gasteiger partial charge in [-0.15, -0.1) is 0 Å². The lowest BCUT2D eigenvalue weighted by molar-refractivity contribution is 0.0600. The number of halogens is 1. The molecule has 1 heterocycles. The molecule has 5 rings (SSSR count). The summed E-state index contributed by atoms with van der Waals surface area (Å²) < 4.78 is 6.05. The summed E-state index contributed by atoms with van der Waals surface area (Å²) in [5.74, 6) is 2.43. The number of anilines is 1. The van der Waals surface area contributed by atoms with Gasteiger partial charge in [0.2, 0.25) is 0 Å². The molecule has 2 aromatic rings. The van der Waals surface area contributed by atoms with Gasteiger partial charge in [-0.25, -0.2) is 4.79 Å². The fourth-order valence-electron chi connectivity index (χ4n) is 5.73. The zero-order valence-electron chi connectivity index (χ0n) is 14.7. The number of hydrogen-bond acceptors (Lipinski definition) is 3. The maximum Gasteiger partial charge on any atom is 0.337 e. The average Bonchev–Trinajstić information content (AvgIpc) is 3.29. The Morgan fingerprint density at radius 2 is 1.88 bits per heavy atom. The van der Waals surface area contributed by atoms with E-state index >= 15 is 0 Å². The van der Waals surface area contributed by atoms with Gasteiger partial charge in [-0.1, -0.05) is 28.1 Å². The third-order valence-corrected chi connectivity index (χ3v) is 7.27. The lowest BCUT2D eigenvalue weighted by atomic mass is 9.68. The van der Waals surface area contributed by atoms with Crippen molar-refractivity contribution in [1.82, 2.24) is 0 Å². The lowest BCUT2D eigenvalue weighted by Crippen LogP contribution is -2.35. The van der Waals surface area contributed by atoms with Gasteiger partial charge < -0.3 is 10.1 Å². The molecular weight excluding hydrogens is 390 g/mol. The van der Waals surface area contributed by atoms with Crippen LogP contribution < -0.4 is 5.32 Å². The van der Waals surface area contributed by atoms with Crippen LogP contribution in [0.1, 0.15) is 52.7 Å². The molecule has 4 heteroatoms. The normalized spacial score (nSPS) is 31.1. The van der Waals surface area contributed by atoms with Crippen LogP contribution in [-0.2, 0) is 4.74 Å². The molecule has 2 aromatic carbocycles. The van der Waals surface area contributed by atoms with Gasteiger partial charge in [0, 0.05) is 10.2 Å². The number of esters is 1. The summed E-state index contributed by atoms with van der Waals surface area (Å²) in [6.07, 6.45) is 3.99. The van der Waals surface area contributed by atoms with Crippen molar-refractivity contribution >= 4 is 27.6 Å². The highest BCUT2D eigenvalue weighted by molar-refractivity contribution is 9.10. The number of nitrogens with one attached hydrogen (secondary N) is 1. The molecule has 1 N–H and O–H groups in total. The van der Waals surface area contributed by atoms with Crippen LogP contribution >= 0.6 is 15.9 Å².